The molecule has 2 aromatic rings. The second-order valence-electron chi connectivity index (χ2n) is 7.53. The van der Waals surface area contributed by atoms with Crippen molar-refractivity contribution in [3.8, 4) is 0 Å². The fraction of sp³-hybridized carbons (Fsp3) is 0.261. The standard InChI is InChI=1S/C23H22N4O2/c28-16-27-12-2-1-3-13-29-20-8-5-10-23(15-19(20)23)21-9-11-24-22(26-21)25-17-6-4-7-18(27)14-17/h1-2,4-11,14,16,19H,3,12-13,15H2,(H,24,25,26)/b2-1+. The lowest BCUT2D eigenvalue weighted by atomic mass is 9.94. The summed E-state index contributed by atoms with van der Waals surface area (Å²) >= 11 is 0. The van der Waals surface area contributed by atoms with Crippen LogP contribution in [-0.4, -0.2) is 29.5 Å². The Balaban J connectivity index is 1.51. The van der Waals surface area contributed by atoms with Gasteiger partial charge in [-0.1, -0.05) is 30.4 Å². The van der Waals surface area contributed by atoms with Crippen LogP contribution in [0.2, 0.25) is 0 Å². The molecule has 0 radical (unpaired) electrons. The maximum atomic E-state index is 11.6. The highest BCUT2D eigenvalue weighted by Gasteiger charge is 2.58. The predicted octanol–water partition coefficient (Wildman–Crippen LogP) is 3.87. The van der Waals surface area contributed by atoms with Crippen molar-refractivity contribution in [1.29, 1.82) is 0 Å². The molecule has 0 spiro atoms. The molecule has 0 saturated heterocycles. The Morgan fingerprint density at radius 2 is 2.24 bits per heavy atom. The molecule has 1 fully saturated rings. The molecule has 29 heavy (non-hydrogen) atoms. The van der Waals surface area contributed by atoms with E-state index in [1.165, 1.54) is 0 Å². The summed E-state index contributed by atoms with van der Waals surface area (Å²) in [5.41, 5.74) is 2.56. The van der Waals surface area contributed by atoms with Gasteiger partial charge < -0.3 is 15.0 Å². The molecule has 6 bridgehead atoms. The summed E-state index contributed by atoms with van der Waals surface area (Å²) in [6.07, 6.45) is 14.9. The molecular weight excluding hydrogens is 364 g/mol. The third-order valence-electron chi connectivity index (χ3n) is 5.72. The maximum absolute atomic E-state index is 11.6. The molecule has 2 heterocycles. The van der Waals surface area contributed by atoms with Crippen LogP contribution in [0.1, 0.15) is 18.5 Å². The van der Waals surface area contributed by atoms with Crippen molar-refractivity contribution in [1.82, 2.24) is 9.97 Å². The average molecular weight is 386 g/mol. The molecule has 6 heteroatoms. The largest absolute Gasteiger partial charge is 0.497 e. The quantitative estimate of drug-likeness (QED) is 0.595. The zero-order chi connectivity index (χ0) is 19.7. The Bertz CT molecular complexity index is 1030. The van der Waals surface area contributed by atoms with Crippen molar-refractivity contribution in [3.63, 3.8) is 0 Å². The van der Waals surface area contributed by atoms with Crippen LogP contribution < -0.4 is 10.2 Å². The molecule has 1 saturated carbocycles. The van der Waals surface area contributed by atoms with E-state index < -0.39 is 0 Å². The van der Waals surface area contributed by atoms with Gasteiger partial charge in [-0.25, -0.2) is 9.97 Å². The second-order valence-corrected chi connectivity index (χ2v) is 7.53. The number of aromatic nitrogens is 2. The third kappa shape index (κ3) is 3.31. The Kier molecular flexibility index (Phi) is 4.39. The summed E-state index contributed by atoms with van der Waals surface area (Å²) in [4.78, 5) is 22.4. The summed E-state index contributed by atoms with van der Waals surface area (Å²) in [5.74, 6) is 1.91. The number of ether oxygens (including phenoxy) is 1. The lowest BCUT2D eigenvalue weighted by Crippen LogP contribution is -2.20. The zero-order valence-corrected chi connectivity index (χ0v) is 16.0. The highest BCUT2D eigenvalue weighted by atomic mass is 16.5. The van der Waals surface area contributed by atoms with Crippen molar-refractivity contribution in [3.05, 3.63) is 78.4 Å². The van der Waals surface area contributed by atoms with Gasteiger partial charge in [0.15, 0.2) is 0 Å². The van der Waals surface area contributed by atoms with E-state index in [0.717, 1.165) is 42.1 Å². The van der Waals surface area contributed by atoms with Crippen LogP contribution in [0.25, 0.3) is 0 Å². The van der Waals surface area contributed by atoms with Crippen LogP contribution in [0, 0.1) is 5.92 Å². The van der Waals surface area contributed by atoms with E-state index in [1.807, 2.05) is 36.4 Å². The molecule has 1 aromatic carbocycles. The minimum atomic E-state index is -0.0938. The van der Waals surface area contributed by atoms with Crippen molar-refractivity contribution in [2.24, 2.45) is 5.92 Å². The van der Waals surface area contributed by atoms with Crippen LogP contribution in [0.5, 0.6) is 0 Å². The predicted molar refractivity (Wildman–Crippen MR) is 112 cm³/mol. The number of fused-ring (bicyclic) bond motifs is 4. The molecular formula is C23H22N4O2. The van der Waals surface area contributed by atoms with Crippen molar-refractivity contribution in [2.45, 2.75) is 18.3 Å². The normalized spacial score (nSPS) is 26.1. The van der Waals surface area contributed by atoms with Gasteiger partial charge in [-0.05, 0) is 43.2 Å². The summed E-state index contributed by atoms with van der Waals surface area (Å²) < 4.78 is 6.07. The smallest absolute Gasteiger partial charge is 0.227 e. The van der Waals surface area contributed by atoms with Gasteiger partial charge in [-0.3, -0.25) is 4.79 Å². The van der Waals surface area contributed by atoms with E-state index in [1.54, 1.807) is 11.1 Å². The Hall–Kier alpha value is -3.41. The topological polar surface area (TPSA) is 67.4 Å². The number of carbonyl (C=O) groups excluding carboxylic acids is 1. The summed E-state index contributed by atoms with van der Waals surface area (Å²) in [7, 11) is 0. The Morgan fingerprint density at radius 1 is 1.28 bits per heavy atom. The lowest BCUT2D eigenvalue weighted by Gasteiger charge is -2.19. The summed E-state index contributed by atoms with van der Waals surface area (Å²) in [6.45, 7) is 1.13. The van der Waals surface area contributed by atoms with E-state index in [0.29, 0.717) is 25.0 Å². The number of anilines is 3. The monoisotopic (exact) mass is 386 g/mol. The Morgan fingerprint density at radius 3 is 3.17 bits per heavy atom. The third-order valence-corrected chi connectivity index (χ3v) is 5.72. The number of nitrogens with one attached hydrogen (secondary N) is 1. The summed E-state index contributed by atoms with van der Waals surface area (Å²) in [6, 6.07) is 9.69. The fourth-order valence-corrected chi connectivity index (χ4v) is 4.10. The first kappa shape index (κ1) is 17.7. The van der Waals surface area contributed by atoms with Gasteiger partial charge in [-0.15, -0.1) is 0 Å². The number of carbonyl (C=O) groups is 1. The molecule has 146 valence electrons. The number of allylic oxidation sites excluding steroid dienone is 4. The molecule has 1 amide bonds. The molecule has 1 aromatic heterocycles. The Labute approximate surface area is 169 Å². The van der Waals surface area contributed by atoms with E-state index in [9.17, 15) is 4.79 Å². The molecule has 3 aliphatic rings. The van der Waals surface area contributed by atoms with Gasteiger partial charge in [0, 0.05) is 35.4 Å². The van der Waals surface area contributed by atoms with Gasteiger partial charge in [-0.2, -0.15) is 0 Å². The molecule has 1 N–H and O–H groups in total. The number of hydrogen-bond donors (Lipinski definition) is 1. The second kappa shape index (κ2) is 7.20. The van der Waals surface area contributed by atoms with Crippen LogP contribution in [0.15, 0.2) is 72.7 Å². The zero-order valence-electron chi connectivity index (χ0n) is 16.0. The number of benzene rings is 1. The van der Waals surface area contributed by atoms with Crippen LogP contribution >= 0.6 is 0 Å². The highest BCUT2D eigenvalue weighted by molar-refractivity contribution is 5.77. The van der Waals surface area contributed by atoms with E-state index in [2.05, 4.69) is 34.6 Å². The minimum Gasteiger partial charge on any atom is -0.497 e. The molecule has 1 aliphatic heterocycles. The summed E-state index contributed by atoms with van der Waals surface area (Å²) in [5, 5.41) is 3.28. The van der Waals surface area contributed by atoms with Gasteiger partial charge in [0.05, 0.1) is 12.3 Å². The number of hydrogen-bond acceptors (Lipinski definition) is 5. The fourth-order valence-electron chi connectivity index (χ4n) is 4.10. The van der Waals surface area contributed by atoms with Crippen LogP contribution in [-0.2, 0) is 14.9 Å². The molecule has 5 rings (SSSR count). The van der Waals surface area contributed by atoms with E-state index in [-0.39, 0.29) is 5.41 Å². The maximum Gasteiger partial charge on any atom is 0.227 e. The van der Waals surface area contributed by atoms with Gasteiger partial charge in [0.2, 0.25) is 12.4 Å². The number of rotatable bonds is 1. The molecule has 6 nitrogen and oxygen atoms in total. The lowest BCUT2D eigenvalue weighted by molar-refractivity contribution is -0.107. The highest BCUT2D eigenvalue weighted by Crippen LogP contribution is 2.60. The first-order valence-electron chi connectivity index (χ1n) is 9.88. The van der Waals surface area contributed by atoms with Gasteiger partial charge in [0.25, 0.3) is 0 Å². The first-order chi connectivity index (χ1) is 14.3. The van der Waals surface area contributed by atoms with E-state index in [4.69, 9.17) is 9.72 Å². The van der Waals surface area contributed by atoms with Crippen LogP contribution in [0.3, 0.4) is 0 Å². The van der Waals surface area contributed by atoms with Crippen molar-refractivity contribution in [2.75, 3.05) is 23.4 Å². The van der Waals surface area contributed by atoms with E-state index >= 15 is 0 Å². The SMILES string of the molecule is O=CN1C/C=C/CCOC2=CC=CC3(CC23)c2ccnc(n2)Nc2cccc1c2. The average Bonchev–Trinajstić information content (AvgIpc) is 3.50. The molecule has 2 aliphatic carbocycles. The molecule has 2 atom stereocenters. The van der Waals surface area contributed by atoms with Gasteiger partial charge >= 0.3 is 0 Å². The van der Waals surface area contributed by atoms with Crippen molar-refractivity contribution >= 4 is 23.7 Å². The number of amides is 1. The van der Waals surface area contributed by atoms with Crippen LogP contribution in [0.4, 0.5) is 17.3 Å². The van der Waals surface area contributed by atoms with Gasteiger partial charge in [0.1, 0.15) is 5.76 Å². The first-order valence-corrected chi connectivity index (χ1v) is 9.88. The number of nitrogens with zero attached hydrogens (tertiary/aromatic N) is 3. The molecule has 2 unspecified atom stereocenters. The minimum absolute atomic E-state index is 0.0938. The van der Waals surface area contributed by atoms with Crippen molar-refractivity contribution < 1.29 is 9.53 Å².